The molecule has 4 rings (SSSR count). The average Bonchev–Trinajstić information content (AvgIpc) is 3.28. The monoisotopic (exact) mass is 362 g/mol. The molecule has 126 valence electrons. The maximum absolute atomic E-state index is 13.2. The molecule has 0 spiro atoms. The van der Waals surface area contributed by atoms with Crippen molar-refractivity contribution in [2.45, 2.75) is 36.6 Å². The molecule has 2 aliphatic rings. The molecule has 0 unspecified atom stereocenters. The highest BCUT2D eigenvalue weighted by atomic mass is 32.2. The molecule has 7 heteroatoms. The van der Waals surface area contributed by atoms with Crippen molar-refractivity contribution < 1.29 is 13.2 Å². The second-order valence-electron chi connectivity index (χ2n) is 6.25. The summed E-state index contributed by atoms with van der Waals surface area (Å²) in [5.74, 6) is -0.404. The molecule has 24 heavy (non-hydrogen) atoms. The first-order valence-electron chi connectivity index (χ1n) is 7.98. The summed E-state index contributed by atoms with van der Waals surface area (Å²) in [7, 11) is -3.58. The predicted molar refractivity (Wildman–Crippen MR) is 93.7 cm³/mol. The van der Waals surface area contributed by atoms with E-state index in [1.54, 1.807) is 40.8 Å². The number of amides is 1. The lowest BCUT2D eigenvalue weighted by atomic mass is 10.0. The highest BCUT2D eigenvalue weighted by molar-refractivity contribution is 7.89. The normalized spacial score (nSPS) is 24.1. The van der Waals surface area contributed by atoms with Gasteiger partial charge in [0.15, 0.2) is 0 Å². The number of hydrogen-bond donors (Lipinski definition) is 1. The Hall–Kier alpha value is -1.70. The Morgan fingerprint density at radius 1 is 1.29 bits per heavy atom. The van der Waals surface area contributed by atoms with Gasteiger partial charge in [-0.1, -0.05) is 6.07 Å². The minimum absolute atomic E-state index is 0.0829. The largest absolute Gasteiger partial charge is 0.325 e. The van der Waals surface area contributed by atoms with Crippen LogP contribution in [0.3, 0.4) is 0 Å². The van der Waals surface area contributed by atoms with Crippen LogP contribution in [0, 0.1) is 0 Å². The van der Waals surface area contributed by atoms with Gasteiger partial charge < -0.3 is 5.32 Å². The maximum atomic E-state index is 13.2. The van der Waals surface area contributed by atoms with Crippen LogP contribution in [0.4, 0.5) is 5.69 Å². The number of fused-ring (bicyclic) bond motifs is 1. The summed E-state index contributed by atoms with van der Waals surface area (Å²) in [4.78, 5) is 13.1. The number of nitrogens with zero attached hydrogens (tertiary/aromatic N) is 1. The molecule has 1 amide bonds. The Morgan fingerprint density at radius 3 is 2.88 bits per heavy atom. The Morgan fingerprint density at radius 2 is 2.12 bits per heavy atom. The van der Waals surface area contributed by atoms with Crippen LogP contribution >= 0.6 is 11.3 Å². The van der Waals surface area contributed by atoms with Gasteiger partial charge in [-0.2, -0.15) is 4.31 Å². The van der Waals surface area contributed by atoms with Crippen LogP contribution in [0.25, 0.3) is 0 Å². The number of carbonyl (C=O) groups excluding carboxylic acids is 1. The average molecular weight is 362 g/mol. The summed E-state index contributed by atoms with van der Waals surface area (Å²) >= 11 is 1.60. The Bertz CT molecular complexity index is 891. The Kier molecular flexibility index (Phi) is 3.74. The van der Waals surface area contributed by atoms with Crippen molar-refractivity contribution >= 4 is 33.0 Å². The fourth-order valence-electron chi connectivity index (χ4n) is 3.48. The Balaban J connectivity index is 1.72. The van der Waals surface area contributed by atoms with Crippen LogP contribution in [-0.4, -0.2) is 25.2 Å². The summed E-state index contributed by atoms with van der Waals surface area (Å²) in [5, 5.41) is 4.76. The molecule has 2 aromatic rings. The second kappa shape index (κ2) is 5.68. The van der Waals surface area contributed by atoms with Crippen molar-refractivity contribution in [3.8, 4) is 0 Å². The number of hydrogen-bond acceptors (Lipinski definition) is 4. The van der Waals surface area contributed by atoms with Gasteiger partial charge >= 0.3 is 0 Å². The lowest BCUT2D eigenvalue weighted by molar-refractivity contribution is -0.116. The fourth-order valence-corrected chi connectivity index (χ4v) is 6.13. The number of nitrogens with one attached hydrogen (secondary N) is 1. The van der Waals surface area contributed by atoms with Gasteiger partial charge in [-0.05, 0) is 55.0 Å². The molecule has 1 aromatic heterocycles. The number of sulfonamides is 1. The van der Waals surface area contributed by atoms with Crippen LogP contribution in [0.15, 0.2) is 40.6 Å². The molecule has 1 N–H and O–H groups in total. The van der Waals surface area contributed by atoms with E-state index in [4.69, 9.17) is 0 Å². The summed E-state index contributed by atoms with van der Waals surface area (Å²) in [6, 6.07) is 8.81. The van der Waals surface area contributed by atoms with E-state index in [2.05, 4.69) is 5.32 Å². The first kappa shape index (κ1) is 15.8. The number of anilines is 1. The van der Waals surface area contributed by atoms with E-state index in [9.17, 15) is 13.2 Å². The van der Waals surface area contributed by atoms with Crippen molar-refractivity contribution in [1.29, 1.82) is 0 Å². The molecule has 2 atom stereocenters. The van der Waals surface area contributed by atoms with E-state index in [0.29, 0.717) is 12.2 Å². The molecule has 0 aliphatic carbocycles. The number of rotatable bonds is 3. The van der Waals surface area contributed by atoms with E-state index in [1.807, 2.05) is 17.5 Å². The summed E-state index contributed by atoms with van der Waals surface area (Å²) in [6.45, 7) is 2.33. The smallest absolute Gasteiger partial charge is 0.243 e. The summed E-state index contributed by atoms with van der Waals surface area (Å²) < 4.78 is 27.9. The molecule has 1 saturated heterocycles. The van der Waals surface area contributed by atoms with Crippen LogP contribution in [0.1, 0.15) is 42.2 Å². The third-order valence-corrected chi connectivity index (χ3v) is 7.70. The van der Waals surface area contributed by atoms with Gasteiger partial charge in [0, 0.05) is 17.1 Å². The van der Waals surface area contributed by atoms with Gasteiger partial charge in [0.1, 0.15) is 0 Å². The number of thiophene rings is 1. The molecule has 1 fully saturated rings. The van der Waals surface area contributed by atoms with Gasteiger partial charge in [-0.15, -0.1) is 11.3 Å². The number of benzene rings is 1. The van der Waals surface area contributed by atoms with Crippen LogP contribution in [0.2, 0.25) is 0 Å². The van der Waals surface area contributed by atoms with Gasteiger partial charge in [-0.3, -0.25) is 4.79 Å². The Labute approximate surface area is 145 Å². The highest BCUT2D eigenvalue weighted by Gasteiger charge is 2.37. The number of carbonyl (C=O) groups is 1. The highest BCUT2D eigenvalue weighted by Crippen LogP contribution is 2.40. The third kappa shape index (κ3) is 2.39. The van der Waals surface area contributed by atoms with E-state index < -0.39 is 10.0 Å². The zero-order valence-corrected chi connectivity index (χ0v) is 14.9. The van der Waals surface area contributed by atoms with Gasteiger partial charge in [-0.25, -0.2) is 8.42 Å². The van der Waals surface area contributed by atoms with Crippen molar-refractivity contribution in [3.05, 3.63) is 46.2 Å². The first-order chi connectivity index (χ1) is 11.5. The van der Waals surface area contributed by atoms with Crippen LogP contribution in [0.5, 0.6) is 0 Å². The van der Waals surface area contributed by atoms with Crippen molar-refractivity contribution in [2.24, 2.45) is 0 Å². The quantitative estimate of drug-likeness (QED) is 0.911. The lowest BCUT2D eigenvalue weighted by Gasteiger charge is -2.23. The predicted octanol–water partition coefficient (Wildman–Crippen LogP) is 3.33. The fraction of sp³-hybridized carbons (Fsp3) is 0.353. The third-order valence-electron chi connectivity index (χ3n) is 4.82. The SMILES string of the molecule is C[C@H]1C(=O)Nc2ccc(S(=O)(=O)N3CCC[C@@H]3c3cccs3)cc21. The molecule has 1 aromatic carbocycles. The van der Waals surface area contributed by atoms with Crippen molar-refractivity contribution in [1.82, 2.24) is 4.31 Å². The molecule has 5 nitrogen and oxygen atoms in total. The van der Waals surface area contributed by atoms with Crippen LogP contribution in [-0.2, 0) is 14.8 Å². The van der Waals surface area contributed by atoms with Crippen LogP contribution < -0.4 is 5.32 Å². The zero-order chi connectivity index (χ0) is 16.9. The minimum atomic E-state index is -3.58. The van der Waals surface area contributed by atoms with E-state index >= 15 is 0 Å². The lowest BCUT2D eigenvalue weighted by Crippen LogP contribution is -2.30. The van der Waals surface area contributed by atoms with Gasteiger partial charge in [0.25, 0.3) is 0 Å². The maximum Gasteiger partial charge on any atom is 0.243 e. The van der Waals surface area contributed by atoms with Crippen molar-refractivity contribution in [2.75, 3.05) is 11.9 Å². The van der Waals surface area contributed by atoms with Crippen molar-refractivity contribution in [3.63, 3.8) is 0 Å². The summed E-state index contributed by atoms with van der Waals surface area (Å²) in [6.07, 6.45) is 1.71. The molecular formula is C17H18N2O3S2. The molecule has 3 heterocycles. The zero-order valence-electron chi connectivity index (χ0n) is 13.2. The molecule has 0 saturated carbocycles. The molecular weight excluding hydrogens is 344 g/mol. The van der Waals surface area contributed by atoms with Gasteiger partial charge in [0.2, 0.25) is 15.9 Å². The van der Waals surface area contributed by atoms with E-state index in [0.717, 1.165) is 23.3 Å². The van der Waals surface area contributed by atoms with Gasteiger partial charge in [0.05, 0.1) is 16.9 Å². The standard InChI is InChI=1S/C17H18N2O3S2/c1-11-13-10-12(6-7-14(13)18-17(11)20)24(21,22)19-8-2-4-15(19)16-5-3-9-23-16/h3,5-7,9-11,15H,2,4,8H2,1H3,(H,18,20)/t11-,15-/m1/s1. The topological polar surface area (TPSA) is 66.5 Å². The summed E-state index contributed by atoms with van der Waals surface area (Å²) in [5.41, 5.74) is 1.47. The minimum Gasteiger partial charge on any atom is -0.325 e. The molecule has 2 aliphatic heterocycles. The van der Waals surface area contributed by atoms with E-state index in [1.165, 1.54) is 0 Å². The molecule has 0 bridgehead atoms. The first-order valence-corrected chi connectivity index (χ1v) is 10.3. The van der Waals surface area contributed by atoms with E-state index in [-0.39, 0.29) is 22.8 Å². The second-order valence-corrected chi connectivity index (χ2v) is 9.12. The molecule has 0 radical (unpaired) electrons.